The van der Waals surface area contributed by atoms with Crippen molar-refractivity contribution in [2.75, 3.05) is 0 Å². The van der Waals surface area contributed by atoms with Crippen LogP contribution >= 0.6 is 24.0 Å². The molecular weight excluding hydrogens is 327 g/mol. The number of imide groups is 1. The fourth-order valence-electron chi connectivity index (χ4n) is 1.88. The molecule has 0 spiro atoms. The van der Waals surface area contributed by atoms with Gasteiger partial charge in [0.25, 0.3) is 5.91 Å². The van der Waals surface area contributed by atoms with Gasteiger partial charge in [0, 0.05) is 13.8 Å². The van der Waals surface area contributed by atoms with Crippen molar-refractivity contribution < 1.29 is 18.8 Å². The molecule has 8 heteroatoms. The maximum Gasteiger partial charge on any atom is 0.285 e. The van der Waals surface area contributed by atoms with Crippen LogP contribution in [-0.4, -0.2) is 32.1 Å². The molecule has 0 unspecified atom stereocenters. The van der Waals surface area contributed by atoms with Crippen molar-refractivity contribution in [1.29, 1.82) is 0 Å². The van der Waals surface area contributed by atoms with E-state index in [1.807, 2.05) is 0 Å². The smallest absolute Gasteiger partial charge is 0.273 e. The van der Waals surface area contributed by atoms with E-state index in [4.69, 9.17) is 12.2 Å². The van der Waals surface area contributed by atoms with Crippen LogP contribution in [0.15, 0.2) is 29.2 Å². The fourth-order valence-corrected chi connectivity index (χ4v) is 3.12. The van der Waals surface area contributed by atoms with Crippen molar-refractivity contribution in [2.45, 2.75) is 13.8 Å². The number of hydrazine groups is 1. The van der Waals surface area contributed by atoms with E-state index in [9.17, 15) is 18.8 Å². The van der Waals surface area contributed by atoms with E-state index in [0.717, 1.165) is 30.6 Å². The standard InChI is InChI=1S/C14H11FN2O3S2/c1-8(18)16(9(2)19)17-13(20)12(22-14(17)21)7-10-4-3-5-11(15)6-10/h3-7H,1-2H3/b12-7-. The Morgan fingerprint density at radius 3 is 2.50 bits per heavy atom. The zero-order valence-electron chi connectivity index (χ0n) is 11.7. The van der Waals surface area contributed by atoms with Crippen molar-refractivity contribution in [3.63, 3.8) is 0 Å². The third kappa shape index (κ3) is 3.23. The number of thioether (sulfide) groups is 1. The summed E-state index contributed by atoms with van der Waals surface area (Å²) in [6.07, 6.45) is 1.46. The highest BCUT2D eigenvalue weighted by Gasteiger charge is 2.39. The van der Waals surface area contributed by atoms with Crippen molar-refractivity contribution >= 4 is 52.1 Å². The van der Waals surface area contributed by atoms with Crippen LogP contribution in [0.3, 0.4) is 0 Å². The number of rotatable bonds is 2. The Morgan fingerprint density at radius 1 is 1.32 bits per heavy atom. The molecule has 0 radical (unpaired) electrons. The van der Waals surface area contributed by atoms with Crippen LogP contribution < -0.4 is 0 Å². The highest BCUT2D eigenvalue weighted by molar-refractivity contribution is 8.26. The van der Waals surface area contributed by atoms with E-state index in [-0.39, 0.29) is 9.23 Å². The third-order valence-corrected chi connectivity index (χ3v) is 4.00. The monoisotopic (exact) mass is 338 g/mol. The summed E-state index contributed by atoms with van der Waals surface area (Å²) < 4.78 is 13.2. The fraction of sp³-hybridized carbons (Fsp3) is 0.143. The highest BCUT2D eigenvalue weighted by atomic mass is 32.2. The van der Waals surface area contributed by atoms with Gasteiger partial charge in [0.1, 0.15) is 5.82 Å². The lowest BCUT2D eigenvalue weighted by molar-refractivity contribution is -0.160. The van der Waals surface area contributed by atoms with E-state index < -0.39 is 23.5 Å². The number of amides is 3. The van der Waals surface area contributed by atoms with Gasteiger partial charge in [-0.2, -0.15) is 10.0 Å². The quantitative estimate of drug-likeness (QED) is 0.612. The molecule has 0 aliphatic carbocycles. The SMILES string of the molecule is CC(=O)N(C(C)=O)N1C(=O)/C(=C/c2cccc(F)c2)SC1=S. The number of hydrogen-bond donors (Lipinski definition) is 0. The van der Waals surface area contributed by atoms with Crippen LogP contribution in [0, 0.1) is 5.82 Å². The van der Waals surface area contributed by atoms with Gasteiger partial charge in [-0.25, -0.2) is 4.39 Å². The summed E-state index contributed by atoms with van der Waals surface area (Å²) in [4.78, 5) is 35.7. The number of carbonyl (C=O) groups excluding carboxylic acids is 3. The van der Waals surface area contributed by atoms with Crippen LogP contribution in [0.25, 0.3) is 6.08 Å². The Labute approximate surface area is 135 Å². The van der Waals surface area contributed by atoms with E-state index >= 15 is 0 Å². The van der Waals surface area contributed by atoms with Gasteiger partial charge in [0.2, 0.25) is 11.8 Å². The van der Waals surface area contributed by atoms with Gasteiger partial charge < -0.3 is 0 Å². The molecular formula is C14H11FN2O3S2. The zero-order chi connectivity index (χ0) is 16.4. The topological polar surface area (TPSA) is 57.7 Å². The molecule has 2 rings (SSSR count). The zero-order valence-corrected chi connectivity index (χ0v) is 13.3. The van der Waals surface area contributed by atoms with E-state index in [0.29, 0.717) is 10.6 Å². The summed E-state index contributed by atoms with van der Waals surface area (Å²) in [7, 11) is 0. The number of carbonyl (C=O) groups is 3. The number of nitrogens with zero attached hydrogens (tertiary/aromatic N) is 2. The summed E-state index contributed by atoms with van der Waals surface area (Å²) in [5, 5.41) is 1.54. The first-order valence-corrected chi connectivity index (χ1v) is 7.38. The Balaban J connectivity index is 2.36. The molecule has 1 aromatic rings. The first kappa shape index (κ1) is 16.3. The number of thiocarbonyl (C=S) groups is 1. The molecule has 5 nitrogen and oxygen atoms in total. The van der Waals surface area contributed by atoms with Gasteiger partial charge >= 0.3 is 0 Å². The lowest BCUT2D eigenvalue weighted by atomic mass is 10.2. The normalized spacial score (nSPS) is 16.3. The second kappa shape index (κ2) is 6.37. The summed E-state index contributed by atoms with van der Waals surface area (Å²) >= 11 is 6.00. The molecule has 0 atom stereocenters. The van der Waals surface area contributed by atoms with Crippen LogP contribution in [0.1, 0.15) is 19.4 Å². The highest BCUT2D eigenvalue weighted by Crippen LogP contribution is 2.33. The van der Waals surface area contributed by atoms with Crippen molar-refractivity contribution in [3.8, 4) is 0 Å². The molecule has 114 valence electrons. The number of halogens is 1. The summed E-state index contributed by atoms with van der Waals surface area (Å²) in [6.45, 7) is 2.33. The Hall–Kier alpha value is -2.06. The summed E-state index contributed by atoms with van der Waals surface area (Å²) in [5.74, 6) is -2.26. The minimum absolute atomic E-state index is 0.0676. The molecule has 0 aromatic heterocycles. The average Bonchev–Trinajstić information content (AvgIpc) is 2.66. The third-order valence-electron chi connectivity index (χ3n) is 2.72. The lowest BCUT2D eigenvalue weighted by Crippen LogP contribution is -2.50. The van der Waals surface area contributed by atoms with Crippen LogP contribution in [0.4, 0.5) is 4.39 Å². The minimum Gasteiger partial charge on any atom is -0.273 e. The molecule has 1 fully saturated rings. The lowest BCUT2D eigenvalue weighted by Gasteiger charge is -2.26. The van der Waals surface area contributed by atoms with E-state index in [1.165, 1.54) is 24.3 Å². The molecule has 1 aromatic carbocycles. The molecule has 3 amide bonds. The van der Waals surface area contributed by atoms with E-state index in [1.54, 1.807) is 6.07 Å². The Morgan fingerprint density at radius 2 is 1.95 bits per heavy atom. The molecule has 1 aliphatic heterocycles. The Bertz CT molecular complexity index is 704. The molecule has 0 saturated carbocycles. The predicted molar refractivity (Wildman–Crippen MR) is 84.6 cm³/mol. The predicted octanol–water partition coefficient (Wildman–Crippen LogP) is 2.34. The molecule has 1 saturated heterocycles. The second-order valence-electron chi connectivity index (χ2n) is 4.40. The maximum absolute atomic E-state index is 13.2. The molecule has 1 aliphatic rings. The van der Waals surface area contributed by atoms with Crippen LogP contribution in [0.5, 0.6) is 0 Å². The Kier molecular flexibility index (Phi) is 4.72. The van der Waals surface area contributed by atoms with Gasteiger partial charge in [-0.3, -0.25) is 14.4 Å². The average molecular weight is 338 g/mol. The van der Waals surface area contributed by atoms with Crippen molar-refractivity contribution in [1.82, 2.24) is 10.0 Å². The molecule has 1 heterocycles. The van der Waals surface area contributed by atoms with Gasteiger partial charge in [-0.15, -0.1) is 0 Å². The van der Waals surface area contributed by atoms with Gasteiger partial charge in [-0.1, -0.05) is 23.9 Å². The minimum atomic E-state index is -0.615. The first-order valence-electron chi connectivity index (χ1n) is 6.16. The summed E-state index contributed by atoms with van der Waals surface area (Å²) in [6, 6.07) is 5.69. The molecule has 0 bridgehead atoms. The van der Waals surface area contributed by atoms with Crippen molar-refractivity contribution in [3.05, 3.63) is 40.6 Å². The van der Waals surface area contributed by atoms with Crippen LogP contribution in [-0.2, 0) is 14.4 Å². The van der Waals surface area contributed by atoms with Gasteiger partial charge in [0.15, 0.2) is 4.32 Å². The summed E-state index contributed by atoms with van der Waals surface area (Å²) in [5.41, 5.74) is 0.484. The van der Waals surface area contributed by atoms with Crippen molar-refractivity contribution in [2.24, 2.45) is 0 Å². The molecule has 22 heavy (non-hydrogen) atoms. The second-order valence-corrected chi connectivity index (χ2v) is 6.07. The van der Waals surface area contributed by atoms with Gasteiger partial charge in [-0.05, 0) is 36.0 Å². The maximum atomic E-state index is 13.2. The molecule has 0 N–H and O–H groups in total. The van der Waals surface area contributed by atoms with Gasteiger partial charge in [0.05, 0.1) is 4.91 Å². The van der Waals surface area contributed by atoms with Crippen LogP contribution in [0.2, 0.25) is 0 Å². The largest absolute Gasteiger partial charge is 0.285 e. The van der Waals surface area contributed by atoms with E-state index in [2.05, 4.69) is 0 Å². The number of hydrogen-bond acceptors (Lipinski definition) is 5. The first-order chi connectivity index (χ1) is 10.3. The number of benzene rings is 1.